The SMILES string of the molecule is CC(=O)N1CCC(OC(C)(Oc2ccc(Cl)cc2)C(N)=O)C1. The maximum absolute atomic E-state index is 11.8. The number of halogens is 1. The summed E-state index contributed by atoms with van der Waals surface area (Å²) in [6.07, 6.45) is 0.334. The van der Waals surface area contributed by atoms with Gasteiger partial charge in [-0.2, -0.15) is 0 Å². The van der Waals surface area contributed by atoms with Gasteiger partial charge in [-0.05, 0) is 30.7 Å². The Morgan fingerprint density at radius 2 is 2.00 bits per heavy atom. The van der Waals surface area contributed by atoms with Crippen molar-refractivity contribution in [3.8, 4) is 5.75 Å². The largest absolute Gasteiger partial charge is 0.453 e. The monoisotopic (exact) mass is 326 g/mol. The first-order valence-corrected chi connectivity index (χ1v) is 7.36. The third kappa shape index (κ3) is 3.90. The number of benzene rings is 1. The van der Waals surface area contributed by atoms with Gasteiger partial charge in [0.1, 0.15) is 5.75 Å². The molecular weight excluding hydrogens is 308 g/mol. The van der Waals surface area contributed by atoms with Gasteiger partial charge in [-0.25, -0.2) is 0 Å². The van der Waals surface area contributed by atoms with Crippen molar-refractivity contribution in [1.82, 2.24) is 4.90 Å². The third-order valence-corrected chi connectivity index (χ3v) is 3.81. The highest BCUT2D eigenvalue weighted by molar-refractivity contribution is 6.30. The number of rotatable bonds is 5. The number of nitrogens with zero attached hydrogens (tertiary/aromatic N) is 1. The molecule has 0 radical (unpaired) electrons. The maximum Gasteiger partial charge on any atom is 0.290 e. The van der Waals surface area contributed by atoms with Crippen LogP contribution in [0.5, 0.6) is 5.75 Å². The van der Waals surface area contributed by atoms with Crippen LogP contribution in [0.2, 0.25) is 5.02 Å². The highest BCUT2D eigenvalue weighted by atomic mass is 35.5. The van der Waals surface area contributed by atoms with Crippen LogP contribution >= 0.6 is 11.6 Å². The molecule has 2 atom stereocenters. The maximum atomic E-state index is 11.8. The first kappa shape index (κ1) is 16.6. The van der Waals surface area contributed by atoms with E-state index in [1.807, 2.05) is 0 Å². The molecule has 1 aliphatic heterocycles. The number of ether oxygens (including phenoxy) is 2. The third-order valence-electron chi connectivity index (χ3n) is 3.56. The first-order valence-electron chi connectivity index (χ1n) is 6.98. The summed E-state index contributed by atoms with van der Waals surface area (Å²) in [7, 11) is 0. The van der Waals surface area contributed by atoms with Gasteiger partial charge >= 0.3 is 0 Å². The minimum absolute atomic E-state index is 0.0227. The van der Waals surface area contributed by atoms with E-state index in [9.17, 15) is 9.59 Å². The van der Waals surface area contributed by atoms with E-state index < -0.39 is 11.7 Å². The van der Waals surface area contributed by atoms with Crippen LogP contribution in [0, 0.1) is 0 Å². The van der Waals surface area contributed by atoms with Crippen molar-refractivity contribution in [3.05, 3.63) is 29.3 Å². The average molecular weight is 327 g/mol. The predicted octanol–water partition coefficient (Wildman–Crippen LogP) is 1.56. The van der Waals surface area contributed by atoms with Crippen LogP contribution in [0.15, 0.2) is 24.3 Å². The number of amides is 2. The second kappa shape index (κ2) is 6.54. The van der Waals surface area contributed by atoms with Crippen LogP contribution in [0.4, 0.5) is 0 Å². The first-order chi connectivity index (χ1) is 10.3. The molecule has 2 rings (SSSR count). The minimum Gasteiger partial charge on any atom is -0.453 e. The number of nitrogens with two attached hydrogens (primary N) is 1. The molecule has 7 heteroatoms. The highest BCUT2D eigenvalue weighted by Gasteiger charge is 2.40. The molecular formula is C15H19ClN2O4. The topological polar surface area (TPSA) is 81.9 Å². The molecule has 0 aliphatic carbocycles. The van der Waals surface area contributed by atoms with Gasteiger partial charge in [0.25, 0.3) is 11.7 Å². The minimum atomic E-state index is -1.61. The van der Waals surface area contributed by atoms with Crippen molar-refractivity contribution in [3.63, 3.8) is 0 Å². The van der Waals surface area contributed by atoms with Crippen LogP contribution in [0.3, 0.4) is 0 Å². The van der Waals surface area contributed by atoms with Gasteiger partial charge in [-0.3, -0.25) is 9.59 Å². The van der Waals surface area contributed by atoms with Crippen molar-refractivity contribution in [2.75, 3.05) is 13.1 Å². The summed E-state index contributed by atoms with van der Waals surface area (Å²) in [4.78, 5) is 24.8. The number of carbonyl (C=O) groups excluding carboxylic acids is 2. The lowest BCUT2D eigenvalue weighted by Gasteiger charge is -2.30. The Labute approximate surface area is 134 Å². The van der Waals surface area contributed by atoms with Crippen molar-refractivity contribution in [2.24, 2.45) is 5.73 Å². The standard InChI is InChI=1S/C15H19ClN2O4/c1-10(19)18-8-7-13(9-18)22-15(2,14(17)20)21-12-5-3-11(16)4-6-12/h3-6,13H,7-9H2,1-2H3,(H2,17,20). The number of primary amides is 1. The Bertz CT molecular complexity index is 563. The Morgan fingerprint density at radius 3 is 2.50 bits per heavy atom. The lowest BCUT2D eigenvalue weighted by Crippen LogP contribution is -2.51. The van der Waals surface area contributed by atoms with E-state index in [0.29, 0.717) is 30.3 Å². The van der Waals surface area contributed by atoms with Gasteiger partial charge in [0.2, 0.25) is 5.91 Å². The van der Waals surface area contributed by atoms with E-state index in [2.05, 4.69) is 0 Å². The summed E-state index contributed by atoms with van der Waals surface area (Å²) in [6.45, 7) is 3.98. The quantitative estimate of drug-likeness (QED) is 0.832. The van der Waals surface area contributed by atoms with Gasteiger partial charge in [-0.1, -0.05) is 11.6 Å². The van der Waals surface area contributed by atoms with Crippen LogP contribution in [0.1, 0.15) is 20.3 Å². The zero-order valence-electron chi connectivity index (χ0n) is 12.5. The zero-order valence-corrected chi connectivity index (χ0v) is 13.3. The summed E-state index contributed by atoms with van der Waals surface area (Å²) < 4.78 is 11.4. The van der Waals surface area contributed by atoms with Crippen LogP contribution < -0.4 is 10.5 Å². The van der Waals surface area contributed by atoms with E-state index in [0.717, 1.165) is 0 Å². The number of hydrogen-bond acceptors (Lipinski definition) is 4. The Morgan fingerprint density at radius 1 is 1.36 bits per heavy atom. The lowest BCUT2D eigenvalue weighted by atomic mass is 10.2. The van der Waals surface area contributed by atoms with E-state index in [1.165, 1.54) is 13.8 Å². The molecule has 0 saturated carbocycles. The number of likely N-dealkylation sites (tertiary alicyclic amines) is 1. The second-order valence-electron chi connectivity index (χ2n) is 5.36. The molecule has 22 heavy (non-hydrogen) atoms. The zero-order chi connectivity index (χ0) is 16.3. The second-order valence-corrected chi connectivity index (χ2v) is 5.80. The van der Waals surface area contributed by atoms with Crippen LogP contribution in [0.25, 0.3) is 0 Å². The van der Waals surface area contributed by atoms with Crippen molar-refractivity contribution >= 4 is 23.4 Å². The van der Waals surface area contributed by atoms with Gasteiger partial charge in [-0.15, -0.1) is 0 Å². The summed E-state index contributed by atoms with van der Waals surface area (Å²) in [5, 5.41) is 0.557. The summed E-state index contributed by atoms with van der Waals surface area (Å²) in [6, 6.07) is 6.55. The van der Waals surface area contributed by atoms with Crippen LogP contribution in [-0.2, 0) is 14.3 Å². The molecule has 6 nitrogen and oxygen atoms in total. The molecule has 1 aromatic carbocycles. The van der Waals surface area contributed by atoms with Gasteiger partial charge in [0.05, 0.1) is 6.10 Å². The molecule has 1 aliphatic rings. The van der Waals surface area contributed by atoms with Gasteiger partial charge in [0, 0.05) is 32.0 Å². The fraction of sp³-hybridized carbons (Fsp3) is 0.467. The molecule has 1 saturated heterocycles. The Kier molecular flexibility index (Phi) is 4.93. The fourth-order valence-corrected chi connectivity index (χ4v) is 2.41. The molecule has 1 aromatic rings. The molecule has 2 N–H and O–H groups in total. The van der Waals surface area contributed by atoms with Crippen molar-refractivity contribution < 1.29 is 19.1 Å². The van der Waals surface area contributed by atoms with E-state index in [-0.39, 0.29) is 12.0 Å². The Balaban J connectivity index is 2.07. The van der Waals surface area contributed by atoms with E-state index in [1.54, 1.807) is 29.2 Å². The number of hydrogen-bond donors (Lipinski definition) is 1. The lowest BCUT2D eigenvalue weighted by molar-refractivity contribution is -0.200. The molecule has 1 heterocycles. The molecule has 120 valence electrons. The molecule has 0 bridgehead atoms. The Hall–Kier alpha value is -1.79. The summed E-state index contributed by atoms with van der Waals surface area (Å²) in [5.41, 5.74) is 5.43. The van der Waals surface area contributed by atoms with Crippen LogP contribution in [-0.4, -0.2) is 41.7 Å². The molecule has 0 aromatic heterocycles. The summed E-state index contributed by atoms with van der Waals surface area (Å²) >= 11 is 5.81. The molecule has 2 amide bonds. The predicted molar refractivity (Wildman–Crippen MR) is 81.4 cm³/mol. The summed E-state index contributed by atoms with van der Waals surface area (Å²) in [5.74, 6) is -1.94. The van der Waals surface area contributed by atoms with E-state index >= 15 is 0 Å². The average Bonchev–Trinajstić information content (AvgIpc) is 2.90. The van der Waals surface area contributed by atoms with E-state index in [4.69, 9.17) is 26.8 Å². The van der Waals surface area contributed by atoms with Gasteiger partial charge < -0.3 is 20.1 Å². The smallest absolute Gasteiger partial charge is 0.290 e. The van der Waals surface area contributed by atoms with Crippen molar-refractivity contribution in [2.45, 2.75) is 32.2 Å². The molecule has 1 fully saturated rings. The highest BCUT2D eigenvalue weighted by Crippen LogP contribution is 2.25. The number of carbonyl (C=O) groups is 2. The normalized spacial score (nSPS) is 20.5. The molecule has 0 spiro atoms. The van der Waals surface area contributed by atoms with Gasteiger partial charge in [0.15, 0.2) is 0 Å². The molecule has 2 unspecified atom stereocenters. The van der Waals surface area contributed by atoms with Crippen molar-refractivity contribution in [1.29, 1.82) is 0 Å². The fourth-order valence-electron chi connectivity index (χ4n) is 2.29.